The fourth-order valence-corrected chi connectivity index (χ4v) is 1.14. The lowest BCUT2D eigenvalue weighted by Crippen LogP contribution is -1.95. The number of oxime groups is 1. The number of hydrogen-bond donors (Lipinski definition) is 0. The quantitative estimate of drug-likeness (QED) is 0.440. The van der Waals surface area contributed by atoms with Crippen molar-refractivity contribution < 1.29 is 9.76 Å². The summed E-state index contributed by atoms with van der Waals surface area (Å²) in [7, 11) is 1.35. The zero-order valence-electron chi connectivity index (χ0n) is 7.31. The Morgan fingerprint density at radius 2 is 2.36 bits per heavy atom. The Labute approximate surface area is 85.1 Å². The van der Waals surface area contributed by atoms with Crippen LogP contribution in [0.15, 0.2) is 23.4 Å². The number of halogens is 1. The Bertz CT molecular complexity index is 379. The standard InChI is InChI=1S/C8H7ClN2O3/c1-14-10-5-6-7(9)3-2-4-8(6)11(12)13/h2-5H,1H3. The van der Waals surface area contributed by atoms with Crippen LogP contribution in [0.1, 0.15) is 5.56 Å². The maximum Gasteiger partial charge on any atom is 0.279 e. The van der Waals surface area contributed by atoms with E-state index in [0.717, 1.165) is 0 Å². The van der Waals surface area contributed by atoms with Crippen LogP contribution in [0, 0.1) is 10.1 Å². The molecular weight excluding hydrogens is 208 g/mol. The van der Waals surface area contributed by atoms with E-state index in [9.17, 15) is 10.1 Å². The van der Waals surface area contributed by atoms with Gasteiger partial charge in [0.05, 0.1) is 21.7 Å². The molecule has 0 radical (unpaired) electrons. The van der Waals surface area contributed by atoms with Crippen LogP contribution in [0.2, 0.25) is 5.02 Å². The summed E-state index contributed by atoms with van der Waals surface area (Å²) < 4.78 is 0. The molecule has 1 rings (SSSR count). The molecule has 0 saturated heterocycles. The van der Waals surface area contributed by atoms with Crippen LogP contribution in [0.3, 0.4) is 0 Å². The molecule has 0 bridgehead atoms. The topological polar surface area (TPSA) is 64.7 Å². The Morgan fingerprint density at radius 1 is 1.64 bits per heavy atom. The molecule has 0 N–H and O–H groups in total. The Hall–Kier alpha value is -1.62. The monoisotopic (exact) mass is 214 g/mol. The molecule has 0 amide bonds. The van der Waals surface area contributed by atoms with E-state index in [4.69, 9.17) is 11.6 Å². The van der Waals surface area contributed by atoms with Gasteiger partial charge >= 0.3 is 0 Å². The minimum absolute atomic E-state index is 0.0988. The van der Waals surface area contributed by atoms with Crippen LogP contribution < -0.4 is 0 Å². The zero-order valence-corrected chi connectivity index (χ0v) is 8.06. The number of hydrogen-bond acceptors (Lipinski definition) is 4. The number of nitro benzene ring substituents is 1. The second-order valence-corrected chi connectivity index (χ2v) is 2.75. The summed E-state index contributed by atoms with van der Waals surface area (Å²) in [5.41, 5.74) is 0.138. The van der Waals surface area contributed by atoms with E-state index < -0.39 is 4.92 Å². The van der Waals surface area contributed by atoms with Crippen molar-refractivity contribution >= 4 is 23.5 Å². The summed E-state index contributed by atoms with van der Waals surface area (Å²) in [4.78, 5) is 14.5. The van der Waals surface area contributed by atoms with Gasteiger partial charge in [-0.05, 0) is 6.07 Å². The average Bonchev–Trinajstić information content (AvgIpc) is 2.15. The van der Waals surface area contributed by atoms with Gasteiger partial charge in [-0.15, -0.1) is 0 Å². The Balaban J connectivity index is 3.22. The van der Waals surface area contributed by atoms with Gasteiger partial charge in [0.2, 0.25) is 0 Å². The molecule has 0 aromatic heterocycles. The van der Waals surface area contributed by atoms with Gasteiger partial charge < -0.3 is 4.84 Å². The van der Waals surface area contributed by atoms with Gasteiger partial charge in [-0.2, -0.15) is 0 Å². The predicted molar refractivity (Wildman–Crippen MR) is 52.7 cm³/mol. The van der Waals surface area contributed by atoms with Crippen LogP contribution in [0.25, 0.3) is 0 Å². The van der Waals surface area contributed by atoms with Gasteiger partial charge in [0.1, 0.15) is 7.11 Å². The largest absolute Gasteiger partial charge is 0.399 e. The first-order chi connectivity index (χ1) is 6.66. The summed E-state index contributed by atoms with van der Waals surface area (Å²) >= 11 is 5.76. The molecule has 0 aliphatic heterocycles. The third-order valence-electron chi connectivity index (χ3n) is 1.51. The third kappa shape index (κ3) is 2.20. The number of rotatable bonds is 3. The second-order valence-electron chi connectivity index (χ2n) is 2.35. The number of nitro groups is 1. The lowest BCUT2D eigenvalue weighted by atomic mass is 10.2. The molecule has 0 aliphatic rings. The average molecular weight is 215 g/mol. The van der Waals surface area contributed by atoms with Gasteiger partial charge in [0, 0.05) is 6.07 Å². The SMILES string of the molecule is CON=Cc1c(Cl)cccc1[N+](=O)[O-]. The van der Waals surface area contributed by atoms with Crippen molar-refractivity contribution in [1.82, 2.24) is 0 Å². The first-order valence-corrected chi connectivity index (χ1v) is 4.04. The molecule has 6 heteroatoms. The van der Waals surface area contributed by atoms with E-state index in [0.29, 0.717) is 0 Å². The van der Waals surface area contributed by atoms with Crippen LogP contribution in [-0.2, 0) is 4.84 Å². The molecule has 1 aromatic rings. The van der Waals surface area contributed by atoms with Gasteiger partial charge in [0.25, 0.3) is 5.69 Å². The van der Waals surface area contributed by atoms with Crippen LogP contribution in [-0.4, -0.2) is 18.2 Å². The van der Waals surface area contributed by atoms with Gasteiger partial charge in [-0.3, -0.25) is 10.1 Å². The molecule has 0 saturated carbocycles. The Kier molecular flexibility index (Phi) is 3.41. The van der Waals surface area contributed by atoms with E-state index in [1.807, 2.05) is 0 Å². The van der Waals surface area contributed by atoms with E-state index in [1.54, 1.807) is 6.07 Å². The highest BCUT2D eigenvalue weighted by atomic mass is 35.5. The van der Waals surface area contributed by atoms with Gasteiger partial charge in [0.15, 0.2) is 0 Å². The minimum atomic E-state index is -0.525. The van der Waals surface area contributed by atoms with Crippen molar-refractivity contribution in [3.8, 4) is 0 Å². The van der Waals surface area contributed by atoms with Crippen molar-refractivity contribution in [3.63, 3.8) is 0 Å². The molecule has 0 heterocycles. The molecule has 5 nitrogen and oxygen atoms in total. The summed E-state index contributed by atoms with van der Waals surface area (Å²) in [6.45, 7) is 0. The van der Waals surface area contributed by atoms with E-state index >= 15 is 0 Å². The molecule has 74 valence electrons. The van der Waals surface area contributed by atoms with Crippen molar-refractivity contribution in [2.45, 2.75) is 0 Å². The van der Waals surface area contributed by atoms with Crippen molar-refractivity contribution in [3.05, 3.63) is 38.9 Å². The molecule has 0 unspecified atom stereocenters. The molecule has 1 aromatic carbocycles. The summed E-state index contributed by atoms with van der Waals surface area (Å²) in [5, 5.41) is 14.3. The Morgan fingerprint density at radius 3 is 2.93 bits per heavy atom. The fraction of sp³-hybridized carbons (Fsp3) is 0.125. The molecule has 0 aliphatic carbocycles. The molecular formula is C8H7ClN2O3. The van der Waals surface area contributed by atoms with E-state index in [-0.39, 0.29) is 16.3 Å². The molecule has 14 heavy (non-hydrogen) atoms. The molecule has 0 spiro atoms. The zero-order chi connectivity index (χ0) is 10.6. The number of nitrogens with zero attached hydrogens (tertiary/aromatic N) is 2. The predicted octanol–water partition coefficient (Wildman–Crippen LogP) is 2.23. The van der Waals surface area contributed by atoms with E-state index in [1.165, 1.54) is 25.5 Å². The maximum atomic E-state index is 10.6. The normalized spacial score (nSPS) is 10.4. The summed E-state index contributed by atoms with van der Waals surface area (Å²) in [6, 6.07) is 4.40. The molecule has 0 fully saturated rings. The van der Waals surface area contributed by atoms with Crippen LogP contribution in [0.4, 0.5) is 5.69 Å². The molecule has 0 atom stereocenters. The lowest BCUT2D eigenvalue weighted by Gasteiger charge is -1.98. The first-order valence-electron chi connectivity index (χ1n) is 3.66. The summed E-state index contributed by atoms with van der Waals surface area (Å²) in [6.07, 6.45) is 1.21. The van der Waals surface area contributed by atoms with Crippen LogP contribution in [0.5, 0.6) is 0 Å². The summed E-state index contributed by atoms with van der Waals surface area (Å²) in [5.74, 6) is 0. The van der Waals surface area contributed by atoms with Crippen molar-refractivity contribution in [1.29, 1.82) is 0 Å². The second kappa shape index (κ2) is 4.57. The van der Waals surface area contributed by atoms with Crippen LogP contribution >= 0.6 is 11.6 Å². The van der Waals surface area contributed by atoms with Crippen molar-refractivity contribution in [2.24, 2.45) is 5.16 Å². The first kappa shape index (κ1) is 10.5. The number of benzene rings is 1. The van der Waals surface area contributed by atoms with Gasteiger partial charge in [-0.1, -0.05) is 22.8 Å². The third-order valence-corrected chi connectivity index (χ3v) is 1.84. The fourth-order valence-electron chi connectivity index (χ4n) is 0.918. The highest BCUT2D eigenvalue weighted by Crippen LogP contribution is 2.24. The lowest BCUT2D eigenvalue weighted by molar-refractivity contribution is -0.385. The van der Waals surface area contributed by atoms with Gasteiger partial charge in [-0.25, -0.2) is 0 Å². The van der Waals surface area contributed by atoms with Crippen molar-refractivity contribution in [2.75, 3.05) is 7.11 Å². The smallest absolute Gasteiger partial charge is 0.279 e. The maximum absolute atomic E-state index is 10.6. The highest BCUT2D eigenvalue weighted by molar-refractivity contribution is 6.33. The van der Waals surface area contributed by atoms with E-state index in [2.05, 4.69) is 9.99 Å². The minimum Gasteiger partial charge on any atom is -0.399 e. The highest BCUT2D eigenvalue weighted by Gasteiger charge is 2.14.